The number of nitrogens with zero attached hydrogens (tertiary/aromatic N) is 5. The highest BCUT2D eigenvalue weighted by molar-refractivity contribution is 7.99. The first-order valence-corrected chi connectivity index (χ1v) is 11.4. The highest BCUT2D eigenvalue weighted by atomic mass is 32.2. The van der Waals surface area contributed by atoms with E-state index >= 15 is 0 Å². The van der Waals surface area contributed by atoms with Crippen molar-refractivity contribution in [3.8, 4) is 0 Å². The molecule has 7 nitrogen and oxygen atoms in total. The molecular formula is C22H27N5O2S. The van der Waals surface area contributed by atoms with Gasteiger partial charge in [-0.15, -0.1) is 16.8 Å². The standard InChI is InChI=1S/C22H27N5O2S/c1-4-13-26-20(29)17-7-5-6-8-18(17)27-21(26)23-24-22(27)30-14-19(28)25(3)16-11-9-15(2)10-12-16/h4-8,15-16H,1,9-14H2,2-3H3. The first kappa shape index (κ1) is 20.7. The number of para-hydroxylation sites is 1. The van der Waals surface area contributed by atoms with Crippen LogP contribution in [0.2, 0.25) is 0 Å². The summed E-state index contributed by atoms with van der Waals surface area (Å²) >= 11 is 1.36. The lowest BCUT2D eigenvalue weighted by Gasteiger charge is -2.33. The van der Waals surface area contributed by atoms with Crippen molar-refractivity contribution in [2.45, 2.75) is 50.4 Å². The van der Waals surface area contributed by atoms with Crippen LogP contribution in [0, 0.1) is 5.92 Å². The molecule has 0 radical (unpaired) electrons. The molecule has 8 heteroatoms. The molecule has 2 heterocycles. The van der Waals surface area contributed by atoms with Crippen LogP contribution in [0.1, 0.15) is 32.6 Å². The van der Waals surface area contributed by atoms with Crippen LogP contribution in [0.5, 0.6) is 0 Å². The molecule has 0 N–H and O–H groups in total. The lowest BCUT2D eigenvalue weighted by Crippen LogP contribution is -2.40. The number of allylic oxidation sites excluding steroid dienone is 1. The van der Waals surface area contributed by atoms with Gasteiger partial charge in [-0.05, 0) is 43.7 Å². The minimum atomic E-state index is -0.121. The Bertz CT molecular complexity index is 1140. The molecule has 0 bridgehead atoms. The second kappa shape index (κ2) is 8.63. The van der Waals surface area contributed by atoms with Crippen LogP contribution in [0.4, 0.5) is 0 Å². The normalized spacial score (nSPS) is 19.3. The molecule has 1 aliphatic carbocycles. The second-order valence-electron chi connectivity index (χ2n) is 8.05. The molecule has 0 aliphatic heterocycles. The highest BCUT2D eigenvalue weighted by Gasteiger charge is 2.25. The van der Waals surface area contributed by atoms with Crippen LogP contribution >= 0.6 is 11.8 Å². The first-order valence-electron chi connectivity index (χ1n) is 10.4. The Balaban J connectivity index is 1.61. The monoisotopic (exact) mass is 425 g/mol. The number of carbonyl (C=O) groups excluding carboxylic acids is 1. The minimum Gasteiger partial charge on any atom is -0.342 e. The van der Waals surface area contributed by atoms with Gasteiger partial charge in [0.05, 0.1) is 16.7 Å². The number of benzene rings is 1. The Morgan fingerprint density at radius 1 is 1.27 bits per heavy atom. The van der Waals surface area contributed by atoms with Crippen molar-refractivity contribution in [2.75, 3.05) is 12.8 Å². The lowest BCUT2D eigenvalue weighted by molar-refractivity contribution is -0.129. The number of rotatable bonds is 6. The van der Waals surface area contributed by atoms with E-state index < -0.39 is 0 Å². The summed E-state index contributed by atoms with van der Waals surface area (Å²) in [4.78, 5) is 27.6. The summed E-state index contributed by atoms with van der Waals surface area (Å²) in [5, 5.41) is 9.75. The average molecular weight is 426 g/mol. The van der Waals surface area contributed by atoms with E-state index in [1.165, 1.54) is 24.6 Å². The van der Waals surface area contributed by atoms with E-state index in [0.717, 1.165) is 24.3 Å². The van der Waals surface area contributed by atoms with Crippen molar-refractivity contribution in [2.24, 2.45) is 5.92 Å². The smallest absolute Gasteiger partial charge is 0.263 e. The average Bonchev–Trinajstić information content (AvgIpc) is 3.19. The van der Waals surface area contributed by atoms with E-state index in [2.05, 4.69) is 23.7 Å². The molecule has 158 valence electrons. The van der Waals surface area contributed by atoms with Crippen molar-refractivity contribution < 1.29 is 4.79 Å². The molecule has 1 fully saturated rings. The van der Waals surface area contributed by atoms with E-state index in [-0.39, 0.29) is 17.2 Å². The summed E-state index contributed by atoms with van der Waals surface area (Å²) in [6.45, 7) is 6.37. The van der Waals surface area contributed by atoms with Crippen LogP contribution in [0.25, 0.3) is 16.7 Å². The maximum atomic E-state index is 12.9. The van der Waals surface area contributed by atoms with Crippen LogP contribution in [-0.2, 0) is 11.3 Å². The fourth-order valence-electron chi connectivity index (χ4n) is 4.18. The quantitative estimate of drug-likeness (QED) is 0.447. The summed E-state index contributed by atoms with van der Waals surface area (Å²) in [6.07, 6.45) is 6.16. The Labute approximate surface area is 179 Å². The van der Waals surface area contributed by atoms with Gasteiger partial charge in [0.2, 0.25) is 11.7 Å². The fraction of sp³-hybridized carbons (Fsp3) is 0.455. The van der Waals surface area contributed by atoms with E-state index in [1.807, 2.05) is 34.5 Å². The van der Waals surface area contributed by atoms with Crippen LogP contribution in [-0.4, -0.2) is 48.8 Å². The fourth-order valence-corrected chi connectivity index (χ4v) is 5.05. The molecule has 4 rings (SSSR count). The van der Waals surface area contributed by atoms with E-state index in [0.29, 0.717) is 28.9 Å². The second-order valence-corrected chi connectivity index (χ2v) is 8.99. The van der Waals surface area contributed by atoms with E-state index in [1.54, 1.807) is 16.7 Å². The number of thioether (sulfide) groups is 1. The summed E-state index contributed by atoms with van der Waals surface area (Å²) in [6, 6.07) is 7.73. The lowest BCUT2D eigenvalue weighted by atomic mass is 9.87. The maximum absolute atomic E-state index is 12.9. The largest absolute Gasteiger partial charge is 0.342 e. The molecule has 1 aromatic carbocycles. The van der Waals surface area contributed by atoms with Gasteiger partial charge >= 0.3 is 0 Å². The number of fused-ring (bicyclic) bond motifs is 3. The van der Waals surface area contributed by atoms with Gasteiger partial charge in [-0.3, -0.25) is 18.6 Å². The SMILES string of the molecule is C=CCn1c(=O)c2ccccc2n2c(SCC(=O)N(C)C3CCC(C)CC3)nnc12. The van der Waals surface area contributed by atoms with Gasteiger partial charge in [-0.2, -0.15) is 0 Å². The molecule has 3 aromatic rings. The highest BCUT2D eigenvalue weighted by Crippen LogP contribution is 2.27. The molecule has 1 aliphatic rings. The molecule has 2 aromatic heterocycles. The molecule has 0 unspecified atom stereocenters. The molecular weight excluding hydrogens is 398 g/mol. The van der Waals surface area contributed by atoms with Gasteiger partial charge in [0.25, 0.3) is 5.56 Å². The molecule has 0 saturated heterocycles. The zero-order valence-electron chi connectivity index (χ0n) is 17.5. The van der Waals surface area contributed by atoms with Crippen molar-refractivity contribution in [1.82, 2.24) is 24.1 Å². The van der Waals surface area contributed by atoms with Gasteiger partial charge in [-0.1, -0.05) is 36.9 Å². The number of carbonyl (C=O) groups is 1. The van der Waals surface area contributed by atoms with Gasteiger partial charge in [0, 0.05) is 19.6 Å². The predicted octanol–water partition coefficient (Wildman–Crippen LogP) is 3.36. The van der Waals surface area contributed by atoms with Crippen LogP contribution in [0.15, 0.2) is 46.9 Å². The molecule has 0 spiro atoms. The Kier molecular flexibility index (Phi) is 5.94. The molecule has 1 amide bonds. The summed E-state index contributed by atoms with van der Waals surface area (Å²) in [5.74, 6) is 1.60. The molecule has 1 saturated carbocycles. The van der Waals surface area contributed by atoms with E-state index in [9.17, 15) is 9.59 Å². The topological polar surface area (TPSA) is 72.5 Å². The van der Waals surface area contributed by atoms with Crippen LogP contribution in [0.3, 0.4) is 0 Å². The third-order valence-electron chi connectivity index (χ3n) is 6.04. The molecule has 0 atom stereocenters. The summed E-state index contributed by atoms with van der Waals surface area (Å²) in [7, 11) is 1.91. The Morgan fingerprint density at radius 3 is 2.73 bits per heavy atom. The Hall–Kier alpha value is -2.61. The number of amides is 1. The Morgan fingerprint density at radius 2 is 2.00 bits per heavy atom. The number of hydrogen-bond donors (Lipinski definition) is 0. The van der Waals surface area contributed by atoms with Gasteiger partial charge in [0.15, 0.2) is 5.16 Å². The first-order chi connectivity index (χ1) is 14.5. The minimum absolute atomic E-state index is 0.0972. The summed E-state index contributed by atoms with van der Waals surface area (Å²) in [5.41, 5.74) is 0.622. The van der Waals surface area contributed by atoms with Gasteiger partial charge < -0.3 is 4.90 Å². The third kappa shape index (κ3) is 3.76. The predicted molar refractivity (Wildman–Crippen MR) is 120 cm³/mol. The number of hydrogen-bond acceptors (Lipinski definition) is 5. The van der Waals surface area contributed by atoms with Crippen molar-refractivity contribution >= 4 is 34.3 Å². The van der Waals surface area contributed by atoms with E-state index in [4.69, 9.17) is 0 Å². The third-order valence-corrected chi connectivity index (χ3v) is 6.95. The zero-order chi connectivity index (χ0) is 21.3. The maximum Gasteiger partial charge on any atom is 0.263 e. The van der Waals surface area contributed by atoms with Crippen molar-refractivity contribution in [3.05, 3.63) is 47.3 Å². The molecule has 30 heavy (non-hydrogen) atoms. The van der Waals surface area contributed by atoms with Crippen molar-refractivity contribution in [1.29, 1.82) is 0 Å². The van der Waals surface area contributed by atoms with Crippen molar-refractivity contribution in [3.63, 3.8) is 0 Å². The van der Waals surface area contributed by atoms with Gasteiger partial charge in [0.1, 0.15) is 0 Å². The van der Waals surface area contributed by atoms with Gasteiger partial charge in [-0.25, -0.2) is 0 Å². The number of aromatic nitrogens is 4. The van der Waals surface area contributed by atoms with Crippen LogP contribution < -0.4 is 5.56 Å². The summed E-state index contributed by atoms with van der Waals surface area (Å²) < 4.78 is 3.42. The zero-order valence-corrected chi connectivity index (χ0v) is 18.3.